The molecule has 5 heteroatoms. The molecule has 0 spiro atoms. The first-order valence-corrected chi connectivity index (χ1v) is 12.3. The van der Waals surface area contributed by atoms with E-state index < -0.39 is 0 Å². The fourth-order valence-corrected chi connectivity index (χ4v) is 5.16. The lowest BCUT2D eigenvalue weighted by molar-refractivity contribution is -0.121. The van der Waals surface area contributed by atoms with Crippen LogP contribution in [0.4, 0.5) is 0 Å². The number of rotatable bonds is 8. The Hall–Kier alpha value is -3.05. The molecule has 0 aliphatic heterocycles. The molecule has 1 aliphatic carbocycles. The number of aryl methyl sites for hydroxylation is 1. The number of aromatic nitrogens is 2. The number of carbonyl (C=O) groups excluding carboxylic acids is 1. The van der Waals surface area contributed by atoms with E-state index in [0.717, 1.165) is 29.9 Å². The standard InChI is InChI=1S/C28H34N4O/c1-31-15-11-25-17-23(9-10-26(25)31)24-8-7-22-12-16-32(27(22)18-24)20-28(33)30-14-13-29-19-21-5-3-2-4-6-21/h7-12,15-18,21,29H,2-6,13-14,19-20H2,1H3,(H,30,33). The molecular weight excluding hydrogens is 408 g/mol. The van der Waals surface area contributed by atoms with Crippen molar-refractivity contribution in [3.63, 3.8) is 0 Å². The highest BCUT2D eigenvalue weighted by molar-refractivity contribution is 5.90. The maximum absolute atomic E-state index is 12.6. The maximum Gasteiger partial charge on any atom is 0.239 e. The van der Waals surface area contributed by atoms with Crippen LogP contribution in [-0.2, 0) is 18.4 Å². The van der Waals surface area contributed by atoms with Gasteiger partial charge in [0.2, 0.25) is 5.91 Å². The van der Waals surface area contributed by atoms with E-state index >= 15 is 0 Å². The summed E-state index contributed by atoms with van der Waals surface area (Å²) in [5.74, 6) is 0.876. The van der Waals surface area contributed by atoms with Gasteiger partial charge in [0, 0.05) is 49.0 Å². The Morgan fingerprint density at radius 1 is 0.879 bits per heavy atom. The third-order valence-electron chi connectivity index (χ3n) is 7.09. The topological polar surface area (TPSA) is 51.0 Å². The summed E-state index contributed by atoms with van der Waals surface area (Å²) in [4.78, 5) is 12.6. The van der Waals surface area contributed by atoms with Gasteiger partial charge in [-0.05, 0) is 72.1 Å². The molecule has 0 atom stereocenters. The van der Waals surface area contributed by atoms with Gasteiger partial charge in [0.15, 0.2) is 0 Å². The van der Waals surface area contributed by atoms with Crippen LogP contribution in [0.3, 0.4) is 0 Å². The van der Waals surface area contributed by atoms with Crippen LogP contribution in [0.5, 0.6) is 0 Å². The van der Waals surface area contributed by atoms with E-state index in [0.29, 0.717) is 13.1 Å². The summed E-state index contributed by atoms with van der Waals surface area (Å²) in [7, 11) is 2.07. The lowest BCUT2D eigenvalue weighted by Crippen LogP contribution is -2.35. The number of benzene rings is 2. The van der Waals surface area contributed by atoms with Gasteiger partial charge in [-0.3, -0.25) is 4.79 Å². The van der Waals surface area contributed by atoms with Crippen LogP contribution in [0.15, 0.2) is 60.9 Å². The number of nitrogens with zero attached hydrogens (tertiary/aromatic N) is 2. The van der Waals surface area contributed by atoms with Crippen molar-refractivity contribution in [3.05, 3.63) is 60.9 Å². The van der Waals surface area contributed by atoms with Gasteiger partial charge in [-0.2, -0.15) is 0 Å². The molecule has 33 heavy (non-hydrogen) atoms. The van der Waals surface area contributed by atoms with Crippen molar-refractivity contribution >= 4 is 27.7 Å². The second-order valence-electron chi connectivity index (χ2n) is 9.48. The van der Waals surface area contributed by atoms with Crippen molar-refractivity contribution in [2.75, 3.05) is 19.6 Å². The fraction of sp³-hybridized carbons (Fsp3) is 0.393. The largest absolute Gasteiger partial charge is 0.353 e. The van der Waals surface area contributed by atoms with Gasteiger partial charge in [0.05, 0.1) is 0 Å². The third-order valence-corrected chi connectivity index (χ3v) is 7.09. The number of nitrogens with one attached hydrogen (secondary N) is 2. The first-order chi connectivity index (χ1) is 16.2. The van der Waals surface area contributed by atoms with Crippen molar-refractivity contribution < 1.29 is 4.79 Å². The molecule has 0 unspecified atom stereocenters. The highest BCUT2D eigenvalue weighted by Gasteiger charge is 2.13. The lowest BCUT2D eigenvalue weighted by atomic mass is 9.89. The van der Waals surface area contributed by atoms with Gasteiger partial charge in [-0.15, -0.1) is 0 Å². The average molecular weight is 443 g/mol. The summed E-state index contributed by atoms with van der Waals surface area (Å²) in [6.45, 7) is 2.93. The SMILES string of the molecule is Cn1ccc2cc(-c3ccc4ccn(CC(=O)NCCNCC5CCCCC5)c4c3)ccc21. The molecule has 0 radical (unpaired) electrons. The van der Waals surface area contributed by atoms with Crippen LogP contribution in [0.1, 0.15) is 32.1 Å². The number of hydrogen-bond donors (Lipinski definition) is 2. The Morgan fingerprint density at radius 2 is 1.67 bits per heavy atom. The molecular formula is C28H34N4O. The van der Waals surface area contributed by atoms with Gasteiger partial charge in [0.1, 0.15) is 6.54 Å². The zero-order valence-corrected chi connectivity index (χ0v) is 19.5. The zero-order valence-electron chi connectivity index (χ0n) is 19.5. The van der Waals surface area contributed by atoms with E-state index in [-0.39, 0.29) is 5.91 Å². The number of fused-ring (bicyclic) bond motifs is 2. The van der Waals surface area contributed by atoms with Crippen LogP contribution in [-0.4, -0.2) is 34.7 Å². The van der Waals surface area contributed by atoms with Crippen molar-refractivity contribution in [2.24, 2.45) is 13.0 Å². The molecule has 5 nitrogen and oxygen atoms in total. The first kappa shape index (κ1) is 21.8. The second-order valence-corrected chi connectivity index (χ2v) is 9.48. The monoisotopic (exact) mass is 442 g/mol. The summed E-state index contributed by atoms with van der Waals surface area (Å²) in [5, 5.41) is 8.98. The Kier molecular flexibility index (Phi) is 6.49. The molecule has 172 valence electrons. The predicted octanol–water partition coefficient (Wildman–Crippen LogP) is 5.09. The summed E-state index contributed by atoms with van der Waals surface area (Å²) in [6, 6.07) is 17.3. The molecule has 0 bridgehead atoms. The van der Waals surface area contributed by atoms with E-state index in [1.54, 1.807) is 0 Å². The summed E-state index contributed by atoms with van der Waals surface area (Å²) in [6.07, 6.45) is 10.9. The molecule has 1 aliphatic rings. The minimum atomic E-state index is 0.0584. The molecule has 2 aromatic carbocycles. The highest BCUT2D eigenvalue weighted by Crippen LogP contribution is 2.28. The minimum Gasteiger partial charge on any atom is -0.353 e. The van der Waals surface area contributed by atoms with Crippen molar-refractivity contribution in [3.8, 4) is 11.1 Å². The van der Waals surface area contributed by atoms with Crippen LogP contribution in [0, 0.1) is 5.92 Å². The maximum atomic E-state index is 12.6. The summed E-state index contributed by atoms with van der Waals surface area (Å²) >= 11 is 0. The average Bonchev–Trinajstić information content (AvgIpc) is 3.42. The van der Waals surface area contributed by atoms with Crippen molar-refractivity contribution in [2.45, 2.75) is 38.6 Å². The molecule has 0 saturated heterocycles. The van der Waals surface area contributed by atoms with Gasteiger partial charge in [-0.1, -0.05) is 37.5 Å². The summed E-state index contributed by atoms with van der Waals surface area (Å²) in [5.41, 5.74) is 4.68. The third kappa shape index (κ3) is 4.98. The quantitative estimate of drug-likeness (QED) is 0.374. The first-order valence-electron chi connectivity index (χ1n) is 12.3. The second kappa shape index (κ2) is 9.84. The van der Waals surface area contributed by atoms with Crippen LogP contribution in [0.25, 0.3) is 32.9 Å². The van der Waals surface area contributed by atoms with Crippen LogP contribution >= 0.6 is 0 Å². The number of carbonyl (C=O) groups is 1. The van der Waals surface area contributed by atoms with Gasteiger partial charge < -0.3 is 19.8 Å². The van der Waals surface area contributed by atoms with E-state index in [4.69, 9.17) is 0 Å². The molecule has 4 aromatic rings. The number of hydrogen-bond acceptors (Lipinski definition) is 2. The Labute approximate surface area is 195 Å². The number of amides is 1. The van der Waals surface area contributed by atoms with Crippen molar-refractivity contribution in [1.29, 1.82) is 0 Å². The van der Waals surface area contributed by atoms with E-state index in [9.17, 15) is 4.79 Å². The van der Waals surface area contributed by atoms with E-state index in [2.05, 4.69) is 77.0 Å². The Bertz CT molecular complexity index is 1250. The molecule has 1 fully saturated rings. The van der Waals surface area contributed by atoms with Gasteiger partial charge in [0.25, 0.3) is 0 Å². The van der Waals surface area contributed by atoms with Crippen LogP contribution in [0.2, 0.25) is 0 Å². The smallest absolute Gasteiger partial charge is 0.239 e. The van der Waals surface area contributed by atoms with E-state index in [1.165, 1.54) is 54.1 Å². The van der Waals surface area contributed by atoms with Crippen LogP contribution < -0.4 is 10.6 Å². The lowest BCUT2D eigenvalue weighted by Gasteiger charge is -2.21. The predicted molar refractivity (Wildman–Crippen MR) is 136 cm³/mol. The molecule has 1 amide bonds. The van der Waals surface area contributed by atoms with Gasteiger partial charge >= 0.3 is 0 Å². The fourth-order valence-electron chi connectivity index (χ4n) is 5.16. The Morgan fingerprint density at radius 3 is 2.55 bits per heavy atom. The summed E-state index contributed by atoms with van der Waals surface area (Å²) < 4.78 is 4.18. The molecule has 5 rings (SSSR count). The zero-order chi connectivity index (χ0) is 22.6. The molecule has 1 saturated carbocycles. The van der Waals surface area contributed by atoms with Gasteiger partial charge in [-0.25, -0.2) is 0 Å². The normalized spacial score (nSPS) is 14.8. The molecule has 2 aromatic heterocycles. The minimum absolute atomic E-state index is 0.0584. The molecule has 2 heterocycles. The van der Waals surface area contributed by atoms with Crippen molar-refractivity contribution in [1.82, 2.24) is 19.8 Å². The molecule has 2 N–H and O–H groups in total. The van der Waals surface area contributed by atoms with E-state index in [1.807, 2.05) is 10.8 Å². The highest BCUT2D eigenvalue weighted by atomic mass is 16.1. The Balaban J connectivity index is 1.20.